The number of aromatic hydroxyl groups is 1. The molecule has 0 radical (unpaired) electrons. The van der Waals surface area contributed by atoms with Crippen LogP contribution >= 0.6 is 23.2 Å². The van der Waals surface area contributed by atoms with Gasteiger partial charge in [0.05, 0.1) is 17.3 Å². The average molecular weight is 384 g/mol. The Morgan fingerprint density at radius 1 is 0.923 bits per heavy atom. The number of hydrogen-bond acceptors (Lipinski definition) is 2. The van der Waals surface area contributed by atoms with Gasteiger partial charge in [0, 0.05) is 15.6 Å². The summed E-state index contributed by atoms with van der Waals surface area (Å²) >= 11 is 12.3. The molecule has 0 saturated heterocycles. The van der Waals surface area contributed by atoms with Crippen molar-refractivity contribution in [2.75, 3.05) is 4.90 Å². The predicted molar refractivity (Wildman–Crippen MR) is 105 cm³/mol. The van der Waals surface area contributed by atoms with E-state index in [1.807, 2.05) is 36.4 Å². The molecule has 3 aromatic carbocycles. The van der Waals surface area contributed by atoms with Gasteiger partial charge in [0.25, 0.3) is 0 Å². The highest BCUT2D eigenvalue weighted by atomic mass is 35.5. The first kappa shape index (κ1) is 17.0. The number of nitrogens with zero attached hydrogens (tertiary/aromatic N) is 1. The minimum Gasteiger partial charge on any atom is -0.508 e. The van der Waals surface area contributed by atoms with Crippen molar-refractivity contribution in [1.82, 2.24) is 0 Å². The number of carbonyl (C=O) groups excluding carboxylic acids is 1. The fourth-order valence-electron chi connectivity index (χ4n) is 3.47. The molecule has 1 N–H and O–H groups in total. The molecule has 3 nitrogen and oxygen atoms in total. The van der Waals surface area contributed by atoms with Crippen LogP contribution < -0.4 is 4.90 Å². The highest BCUT2D eigenvalue weighted by molar-refractivity contribution is 6.35. The standard InChI is InChI=1S/C21H15Cl2NO2/c22-14-10-15(23)12-16(11-14)24-18-7-4-8-19(25)20(18)17(21(24)26)9-13-5-2-1-3-6-13/h1-8,10-12,17,25H,9H2. The van der Waals surface area contributed by atoms with Crippen LogP contribution in [0.3, 0.4) is 0 Å². The van der Waals surface area contributed by atoms with E-state index in [1.165, 1.54) is 0 Å². The number of fused-ring (bicyclic) bond motifs is 1. The Balaban J connectivity index is 1.83. The fraction of sp³-hybridized carbons (Fsp3) is 0.0952. The number of benzene rings is 3. The zero-order valence-corrected chi connectivity index (χ0v) is 15.2. The van der Waals surface area contributed by atoms with E-state index in [-0.39, 0.29) is 11.7 Å². The predicted octanol–water partition coefficient (Wildman–Crippen LogP) is 5.70. The molecule has 0 spiro atoms. The Hall–Kier alpha value is -2.49. The largest absolute Gasteiger partial charge is 0.508 e. The number of hydrogen-bond donors (Lipinski definition) is 1. The maximum atomic E-state index is 13.3. The van der Waals surface area contributed by atoms with Crippen LogP contribution in [0.2, 0.25) is 10.0 Å². The number of phenolic OH excluding ortho intramolecular Hbond substituents is 1. The van der Waals surface area contributed by atoms with Crippen molar-refractivity contribution < 1.29 is 9.90 Å². The summed E-state index contributed by atoms with van der Waals surface area (Å²) in [5.41, 5.74) is 2.92. The number of halogens is 2. The van der Waals surface area contributed by atoms with Gasteiger partial charge >= 0.3 is 0 Å². The molecule has 0 saturated carbocycles. The summed E-state index contributed by atoms with van der Waals surface area (Å²) in [4.78, 5) is 14.9. The molecular formula is C21H15Cl2NO2. The van der Waals surface area contributed by atoms with E-state index < -0.39 is 5.92 Å². The molecule has 4 rings (SSSR count). The molecule has 1 atom stereocenters. The van der Waals surface area contributed by atoms with Crippen LogP contribution in [0.25, 0.3) is 0 Å². The van der Waals surface area contributed by atoms with Crippen molar-refractivity contribution in [1.29, 1.82) is 0 Å². The van der Waals surface area contributed by atoms with Gasteiger partial charge in [-0.05, 0) is 42.3 Å². The number of phenols is 1. The molecule has 1 amide bonds. The molecule has 1 unspecified atom stereocenters. The van der Waals surface area contributed by atoms with E-state index >= 15 is 0 Å². The highest BCUT2D eigenvalue weighted by Crippen LogP contribution is 2.47. The third-order valence-corrected chi connectivity index (χ3v) is 4.99. The number of anilines is 2. The Morgan fingerprint density at radius 3 is 2.31 bits per heavy atom. The Bertz CT molecular complexity index is 968. The first-order chi connectivity index (χ1) is 12.5. The van der Waals surface area contributed by atoms with Crippen LogP contribution in [0, 0.1) is 0 Å². The molecule has 0 aliphatic carbocycles. The average Bonchev–Trinajstić information content (AvgIpc) is 2.88. The molecule has 0 aromatic heterocycles. The van der Waals surface area contributed by atoms with E-state index in [0.717, 1.165) is 5.56 Å². The normalized spacial score (nSPS) is 16.0. The molecule has 1 aliphatic heterocycles. The zero-order valence-electron chi connectivity index (χ0n) is 13.7. The minimum absolute atomic E-state index is 0.108. The van der Waals surface area contributed by atoms with Gasteiger partial charge in [0.2, 0.25) is 5.91 Å². The topological polar surface area (TPSA) is 40.5 Å². The smallest absolute Gasteiger partial charge is 0.239 e. The molecule has 3 aromatic rings. The molecule has 26 heavy (non-hydrogen) atoms. The van der Waals surface area contributed by atoms with Gasteiger partial charge in [-0.3, -0.25) is 9.69 Å². The van der Waals surface area contributed by atoms with Crippen LogP contribution in [0.4, 0.5) is 11.4 Å². The molecule has 0 bridgehead atoms. The molecular weight excluding hydrogens is 369 g/mol. The number of rotatable bonds is 3. The van der Waals surface area contributed by atoms with Crippen molar-refractivity contribution in [3.8, 4) is 5.75 Å². The lowest BCUT2D eigenvalue weighted by Gasteiger charge is -2.19. The third kappa shape index (κ3) is 2.94. The van der Waals surface area contributed by atoms with Gasteiger partial charge in [-0.1, -0.05) is 59.6 Å². The Kier molecular flexibility index (Phi) is 4.35. The summed E-state index contributed by atoms with van der Waals surface area (Å²) < 4.78 is 0. The number of carbonyl (C=O) groups is 1. The number of amides is 1. The van der Waals surface area contributed by atoms with Gasteiger partial charge in [-0.15, -0.1) is 0 Å². The second kappa shape index (κ2) is 6.67. The summed E-state index contributed by atoms with van der Waals surface area (Å²) in [7, 11) is 0. The summed E-state index contributed by atoms with van der Waals surface area (Å²) in [5.74, 6) is -0.456. The first-order valence-electron chi connectivity index (χ1n) is 8.20. The SMILES string of the molecule is O=C1C(Cc2ccccc2)c2c(O)cccc2N1c1cc(Cl)cc(Cl)c1. The van der Waals surface area contributed by atoms with E-state index in [9.17, 15) is 9.90 Å². The van der Waals surface area contributed by atoms with E-state index in [1.54, 1.807) is 35.2 Å². The van der Waals surface area contributed by atoms with Gasteiger partial charge in [0.15, 0.2) is 0 Å². The monoisotopic (exact) mass is 383 g/mol. The van der Waals surface area contributed by atoms with Crippen LogP contribution in [0.5, 0.6) is 5.75 Å². The summed E-state index contributed by atoms with van der Waals surface area (Å²) in [6.07, 6.45) is 0.509. The third-order valence-electron chi connectivity index (χ3n) is 4.56. The van der Waals surface area contributed by atoms with Crippen molar-refractivity contribution in [2.24, 2.45) is 0 Å². The zero-order chi connectivity index (χ0) is 18.3. The highest BCUT2D eigenvalue weighted by Gasteiger charge is 2.40. The van der Waals surface area contributed by atoms with Gasteiger partial charge < -0.3 is 5.11 Å². The van der Waals surface area contributed by atoms with Crippen LogP contribution in [-0.4, -0.2) is 11.0 Å². The molecule has 5 heteroatoms. The maximum Gasteiger partial charge on any atom is 0.239 e. The van der Waals surface area contributed by atoms with Gasteiger partial charge in [-0.25, -0.2) is 0 Å². The fourth-order valence-corrected chi connectivity index (χ4v) is 3.98. The second-order valence-electron chi connectivity index (χ2n) is 6.25. The lowest BCUT2D eigenvalue weighted by molar-refractivity contribution is -0.118. The van der Waals surface area contributed by atoms with Gasteiger partial charge in [-0.2, -0.15) is 0 Å². The maximum absolute atomic E-state index is 13.3. The Labute approximate surface area is 161 Å². The Morgan fingerprint density at radius 2 is 1.62 bits per heavy atom. The lowest BCUT2D eigenvalue weighted by atomic mass is 9.92. The van der Waals surface area contributed by atoms with Gasteiger partial charge in [0.1, 0.15) is 5.75 Å². The molecule has 0 fully saturated rings. The molecule has 1 aliphatic rings. The van der Waals surface area contributed by atoms with Crippen molar-refractivity contribution in [3.63, 3.8) is 0 Å². The first-order valence-corrected chi connectivity index (χ1v) is 8.96. The lowest BCUT2D eigenvalue weighted by Crippen LogP contribution is -2.24. The summed E-state index contributed by atoms with van der Waals surface area (Å²) in [5, 5.41) is 11.3. The van der Waals surface area contributed by atoms with E-state index in [0.29, 0.717) is 33.4 Å². The van der Waals surface area contributed by atoms with E-state index in [2.05, 4.69) is 0 Å². The minimum atomic E-state index is -0.466. The van der Waals surface area contributed by atoms with Crippen molar-refractivity contribution in [2.45, 2.75) is 12.3 Å². The van der Waals surface area contributed by atoms with Crippen LogP contribution in [0.1, 0.15) is 17.0 Å². The van der Waals surface area contributed by atoms with Crippen molar-refractivity contribution >= 4 is 40.5 Å². The molecule has 130 valence electrons. The quantitative estimate of drug-likeness (QED) is 0.629. The molecule has 1 heterocycles. The van der Waals surface area contributed by atoms with Crippen LogP contribution in [-0.2, 0) is 11.2 Å². The van der Waals surface area contributed by atoms with Crippen LogP contribution in [0.15, 0.2) is 66.7 Å². The summed E-state index contributed by atoms with van der Waals surface area (Å²) in [6, 6.07) is 20.0. The van der Waals surface area contributed by atoms with Crippen molar-refractivity contribution in [3.05, 3.63) is 87.9 Å². The van der Waals surface area contributed by atoms with E-state index in [4.69, 9.17) is 23.2 Å². The summed E-state index contributed by atoms with van der Waals surface area (Å²) in [6.45, 7) is 0. The second-order valence-corrected chi connectivity index (χ2v) is 7.13.